The van der Waals surface area contributed by atoms with E-state index in [-0.39, 0.29) is 39.3 Å². The number of aliphatic hydroxyl groups excluding tert-OH is 6. The van der Waals surface area contributed by atoms with Crippen LogP contribution in [0.4, 0.5) is 0 Å². The predicted molar refractivity (Wildman–Crippen MR) is 103 cm³/mol. The molecule has 0 rings (SSSR count). The van der Waals surface area contributed by atoms with E-state index in [0.717, 1.165) is 13.8 Å². The van der Waals surface area contributed by atoms with Gasteiger partial charge in [0.15, 0.2) is 0 Å². The van der Waals surface area contributed by atoms with Gasteiger partial charge in [-0.2, -0.15) is 0 Å². The Kier molecular flexibility index (Phi) is 52.2. The molecule has 0 aromatic carbocycles. The SMILES string of the molecule is CC(=O)O.CC(=O)O.CCC(=O)O.CCC(=O)O.OCC(O)CO.OCC(O)CO. The zero-order valence-electron chi connectivity index (χ0n) is 17.5. The van der Waals surface area contributed by atoms with Crippen molar-refractivity contribution >= 4 is 23.9 Å². The van der Waals surface area contributed by atoms with Crippen molar-refractivity contribution < 1.29 is 70.2 Å². The lowest BCUT2D eigenvalue weighted by atomic mass is 10.4. The average molecular weight is 452 g/mol. The first kappa shape index (κ1) is 41.9. The van der Waals surface area contributed by atoms with E-state index < -0.39 is 36.1 Å². The highest BCUT2D eigenvalue weighted by Crippen LogP contribution is 1.72. The molecule has 0 heterocycles. The van der Waals surface area contributed by atoms with Crippen molar-refractivity contribution in [1.82, 2.24) is 0 Å². The molecule has 10 N–H and O–H groups in total. The summed E-state index contributed by atoms with van der Waals surface area (Å²) in [6.07, 6.45) is -1.46. The van der Waals surface area contributed by atoms with Gasteiger partial charge in [-0.05, 0) is 0 Å². The van der Waals surface area contributed by atoms with E-state index in [4.69, 9.17) is 60.7 Å². The van der Waals surface area contributed by atoms with Crippen LogP contribution in [0.1, 0.15) is 40.5 Å². The van der Waals surface area contributed by atoms with E-state index in [0.29, 0.717) is 0 Å². The number of carboxylic acid groups (broad SMARTS) is 4. The van der Waals surface area contributed by atoms with Gasteiger partial charge in [0.05, 0.1) is 26.4 Å². The molecule has 0 fully saturated rings. The Morgan fingerprint density at radius 2 is 0.667 bits per heavy atom. The first-order chi connectivity index (χ1) is 13.6. The minimum Gasteiger partial charge on any atom is -0.481 e. The molecule has 0 amide bonds. The van der Waals surface area contributed by atoms with E-state index in [1.165, 1.54) is 0 Å². The number of rotatable bonds is 6. The molecule has 184 valence electrons. The maximum atomic E-state index is 9.37. The standard InChI is InChI=1S/2C3H8O3.2C3H6O2.2C2H4O2/c2*4-1-3(6)2-5;2*1-2-3(4)5;2*1-2(3)4/h2*3-6H,1-2H2;2*2H2,1H3,(H,4,5);2*1H3,(H,3,4). The molecule has 0 atom stereocenters. The molecule has 14 nitrogen and oxygen atoms in total. The number of hydrogen-bond donors (Lipinski definition) is 10. The van der Waals surface area contributed by atoms with Crippen LogP contribution in [-0.2, 0) is 19.2 Å². The average Bonchev–Trinajstić information content (AvgIpc) is 2.66. The topological polar surface area (TPSA) is 271 Å². The zero-order chi connectivity index (χ0) is 25.7. The molecule has 0 aliphatic heterocycles. The number of hydrogen-bond acceptors (Lipinski definition) is 10. The summed E-state index contributed by atoms with van der Waals surface area (Å²) in [5, 5.41) is 78.3. The summed E-state index contributed by atoms with van der Waals surface area (Å²) in [5.74, 6) is -3.16. The predicted octanol–water partition coefficient (Wildman–Crippen LogP) is -2.19. The van der Waals surface area contributed by atoms with Crippen molar-refractivity contribution in [2.45, 2.75) is 52.7 Å². The van der Waals surface area contributed by atoms with Crippen molar-refractivity contribution in [2.75, 3.05) is 26.4 Å². The van der Waals surface area contributed by atoms with Crippen molar-refractivity contribution in [3.05, 3.63) is 0 Å². The molecule has 0 aromatic heterocycles. The highest BCUT2D eigenvalue weighted by Gasteiger charge is 1.94. The number of aliphatic hydroxyl groups is 6. The number of carboxylic acids is 4. The van der Waals surface area contributed by atoms with Gasteiger partial charge in [0, 0.05) is 26.7 Å². The summed E-state index contributed by atoms with van der Waals surface area (Å²) >= 11 is 0. The molecule has 0 saturated carbocycles. The van der Waals surface area contributed by atoms with Gasteiger partial charge in [-0.25, -0.2) is 0 Å². The Morgan fingerprint density at radius 3 is 0.667 bits per heavy atom. The fourth-order valence-electron chi connectivity index (χ4n) is 0.115. The molecule has 0 aliphatic rings. The van der Waals surface area contributed by atoms with Crippen LogP contribution in [0.2, 0.25) is 0 Å². The van der Waals surface area contributed by atoms with E-state index in [2.05, 4.69) is 0 Å². The molecule has 30 heavy (non-hydrogen) atoms. The minimum atomic E-state index is -0.954. The molecule has 0 spiro atoms. The van der Waals surface area contributed by atoms with Crippen LogP contribution in [0.3, 0.4) is 0 Å². The van der Waals surface area contributed by atoms with Crippen LogP contribution in [0, 0.1) is 0 Å². The Morgan fingerprint density at radius 1 is 0.567 bits per heavy atom. The maximum absolute atomic E-state index is 9.37. The second-order valence-electron chi connectivity index (χ2n) is 4.57. The first-order valence-electron chi connectivity index (χ1n) is 8.25. The molecule has 14 heteroatoms. The van der Waals surface area contributed by atoms with Crippen molar-refractivity contribution in [3.63, 3.8) is 0 Å². The smallest absolute Gasteiger partial charge is 0.303 e. The van der Waals surface area contributed by atoms with Gasteiger partial charge in [0.1, 0.15) is 12.2 Å². The van der Waals surface area contributed by atoms with Crippen LogP contribution in [0.25, 0.3) is 0 Å². The fraction of sp³-hybridized carbons (Fsp3) is 0.750. The van der Waals surface area contributed by atoms with Crippen molar-refractivity contribution in [2.24, 2.45) is 0 Å². The Balaban J connectivity index is -0.0000000580. The molecule has 0 aromatic rings. The zero-order valence-corrected chi connectivity index (χ0v) is 17.5. The summed E-state index contributed by atoms with van der Waals surface area (Å²) in [6.45, 7) is 3.91. The number of aliphatic carboxylic acids is 4. The molecule has 0 saturated heterocycles. The van der Waals surface area contributed by atoms with Gasteiger partial charge in [0.25, 0.3) is 11.9 Å². The van der Waals surface area contributed by atoms with E-state index in [1.54, 1.807) is 13.8 Å². The summed E-state index contributed by atoms with van der Waals surface area (Å²) < 4.78 is 0. The Hall–Kier alpha value is -2.36. The largest absolute Gasteiger partial charge is 0.481 e. The lowest BCUT2D eigenvalue weighted by Gasteiger charge is -1.96. The number of carbonyl (C=O) groups is 4. The summed E-state index contributed by atoms with van der Waals surface area (Å²) in [5.41, 5.74) is 0. The third-order valence-electron chi connectivity index (χ3n) is 1.45. The van der Waals surface area contributed by atoms with Crippen LogP contribution in [0.15, 0.2) is 0 Å². The van der Waals surface area contributed by atoms with Crippen LogP contribution in [0.5, 0.6) is 0 Å². The Bertz CT molecular complexity index is 334. The minimum absolute atomic E-state index is 0.222. The Labute approximate surface area is 174 Å². The maximum Gasteiger partial charge on any atom is 0.303 e. The van der Waals surface area contributed by atoms with E-state index in [9.17, 15) is 9.59 Å². The lowest BCUT2D eigenvalue weighted by molar-refractivity contribution is -0.137. The van der Waals surface area contributed by atoms with Crippen molar-refractivity contribution in [1.29, 1.82) is 0 Å². The van der Waals surface area contributed by atoms with E-state index >= 15 is 0 Å². The van der Waals surface area contributed by atoms with Crippen LogP contribution >= 0.6 is 0 Å². The molecule has 0 radical (unpaired) electrons. The summed E-state index contributed by atoms with van der Waals surface area (Å²) in [7, 11) is 0. The van der Waals surface area contributed by atoms with Gasteiger partial charge in [-0.1, -0.05) is 13.8 Å². The van der Waals surface area contributed by atoms with Gasteiger partial charge in [0.2, 0.25) is 0 Å². The summed E-state index contributed by atoms with van der Waals surface area (Å²) in [4.78, 5) is 36.7. The van der Waals surface area contributed by atoms with Gasteiger partial charge in [-0.3, -0.25) is 19.2 Å². The highest BCUT2D eigenvalue weighted by atomic mass is 16.4. The van der Waals surface area contributed by atoms with E-state index in [1.807, 2.05) is 0 Å². The van der Waals surface area contributed by atoms with Crippen LogP contribution < -0.4 is 0 Å². The fourth-order valence-corrected chi connectivity index (χ4v) is 0.115. The quantitative estimate of drug-likeness (QED) is 0.205. The second kappa shape index (κ2) is 37.4. The summed E-state index contributed by atoms with van der Waals surface area (Å²) in [6, 6.07) is 0. The molecule has 0 unspecified atom stereocenters. The van der Waals surface area contributed by atoms with Crippen LogP contribution in [-0.4, -0.2) is 114 Å². The third-order valence-corrected chi connectivity index (χ3v) is 1.45. The van der Waals surface area contributed by atoms with Gasteiger partial charge >= 0.3 is 11.9 Å². The first-order valence-corrected chi connectivity index (χ1v) is 8.25. The van der Waals surface area contributed by atoms with Crippen molar-refractivity contribution in [3.8, 4) is 0 Å². The monoisotopic (exact) mass is 452 g/mol. The molecular formula is C16H36O14. The molecule has 0 bridgehead atoms. The third kappa shape index (κ3) is 168. The second-order valence-corrected chi connectivity index (χ2v) is 4.57. The normalized spacial score (nSPS) is 8.13. The lowest BCUT2D eigenvalue weighted by Crippen LogP contribution is -2.15. The molecule has 0 aliphatic carbocycles. The molecular weight excluding hydrogens is 416 g/mol. The van der Waals surface area contributed by atoms with Gasteiger partial charge < -0.3 is 51.1 Å². The highest BCUT2D eigenvalue weighted by molar-refractivity contribution is 5.66. The van der Waals surface area contributed by atoms with Gasteiger partial charge in [-0.15, -0.1) is 0 Å².